The third kappa shape index (κ3) is 4.42. The highest BCUT2D eigenvalue weighted by Crippen LogP contribution is 2.40. The van der Waals surface area contributed by atoms with Crippen LogP contribution in [0.2, 0.25) is 0 Å². The molecule has 1 heterocycles. The average molecular weight is 288 g/mol. The van der Waals surface area contributed by atoms with Crippen LogP contribution in [0.4, 0.5) is 0 Å². The Hall–Kier alpha value is -0.160. The minimum atomic E-state index is -0.760. The molecule has 0 aromatic carbocycles. The van der Waals surface area contributed by atoms with Gasteiger partial charge in [-0.15, -0.1) is 0 Å². The van der Waals surface area contributed by atoms with Crippen molar-refractivity contribution in [3.05, 3.63) is 0 Å². The van der Waals surface area contributed by atoms with Crippen molar-refractivity contribution in [2.75, 3.05) is 0 Å². The molecule has 20 heavy (non-hydrogen) atoms. The fraction of sp³-hybridized carbons (Fsp3) is 1.00. The van der Waals surface area contributed by atoms with Gasteiger partial charge in [0.05, 0.1) is 0 Å². The summed E-state index contributed by atoms with van der Waals surface area (Å²) in [5, 5.41) is 0. The van der Waals surface area contributed by atoms with Crippen LogP contribution in [0.1, 0.15) is 80.1 Å². The fourth-order valence-electron chi connectivity index (χ4n) is 2.34. The third-order valence-corrected chi connectivity index (χ3v) is 4.48. The van der Waals surface area contributed by atoms with Gasteiger partial charge >= 0.3 is 0 Å². The smallest absolute Gasteiger partial charge is 0.195 e. The van der Waals surface area contributed by atoms with Gasteiger partial charge in [-0.05, 0) is 11.8 Å². The Morgan fingerprint density at radius 2 is 0.950 bits per heavy atom. The molecule has 1 aliphatic heterocycles. The molecule has 1 rings (SSSR count). The van der Waals surface area contributed by atoms with Gasteiger partial charge in [0, 0.05) is 25.7 Å². The molecular formula is C16H32O4. The molecule has 4 heteroatoms. The Morgan fingerprint density at radius 3 is 1.15 bits per heavy atom. The molecule has 2 unspecified atom stereocenters. The van der Waals surface area contributed by atoms with Crippen molar-refractivity contribution >= 4 is 0 Å². The normalized spacial score (nSPS) is 33.9. The first-order valence-electron chi connectivity index (χ1n) is 8.18. The van der Waals surface area contributed by atoms with E-state index in [1.54, 1.807) is 0 Å². The molecule has 0 amide bonds. The van der Waals surface area contributed by atoms with E-state index in [0.29, 0.717) is 24.7 Å². The van der Waals surface area contributed by atoms with Crippen molar-refractivity contribution in [3.63, 3.8) is 0 Å². The number of rotatable bonds is 8. The lowest BCUT2D eigenvalue weighted by Crippen LogP contribution is -2.51. The van der Waals surface area contributed by atoms with Crippen molar-refractivity contribution in [1.82, 2.24) is 0 Å². The van der Waals surface area contributed by atoms with Gasteiger partial charge in [-0.25, -0.2) is 0 Å². The first-order chi connectivity index (χ1) is 9.44. The quantitative estimate of drug-likeness (QED) is 0.590. The average Bonchev–Trinajstić information content (AvgIpc) is 2.49. The predicted molar refractivity (Wildman–Crippen MR) is 78.5 cm³/mol. The lowest BCUT2D eigenvalue weighted by atomic mass is 9.96. The molecule has 0 aromatic rings. The van der Waals surface area contributed by atoms with E-state index in [4.69, 9.17) is 19.6 Å². The van der Waals surface area contributed by atoms with Crippen LogP contribution < -0.4 is 0 Å². The van der Waals surface area contributed by atoms with Gasteiger partial charge in [0.25, 0.3) is 0 Å². The standard InChI is InChI=1S/C16H32O4/c1-7-13(5)11-15(9-3)17-19-16(10-4,20-18-15)12-14(6)8-2/h13-14H,7-12H2,1-6H3. The van der Waals surface area contributed by atoms with Crippen LogP contribution in [0.25, 0.3) is 0 Å². The summed E-state index contributed by atoms with van der Waals surface area (Å²) in [5.74, 6) is -0.510. The zero-order chi connectivity index (χ0) is 15.2. The van der Waals surface area contributed by atoms with Gasteiger partial charge in [0.15, 0.2) is 0 Å². The van der Waals surface area contributed by atoms with Crippen LogP contribution in [0, 0.1) is 11.8 Å². The molecule has 0 aliphatic carbocycles. The molecule has 1 saturated heterocycles. The molecule has 0 radical (unpaired) electrons. The predicted octanol–water partition coefficient (Wildman–Crippen LogP) is 4.98. The molecule has 1 aliphatic rings. The minimum Gasteiger partial charge on any atom is -0.195 e. The molecule has 0 spiro atoms. The molecule has 2 atom stereocenters. The number of hydrogen-bond acceptors (Lipinski definition) is 4. The first-order valence-corrected chi connectivity index (χ1v) is 8.18. The molecule has 4 nitrogen and oxygen atoms in total. The zero-order valence-corrected chi connectivity index (χ0v) is 14.0. The van der Waals surface area contributed by atoms with Gasteiger partial charge < -0.3 is 0 Å². The van der Waals surface area contributed by atoms with Gasteiger partial charge in [-0.2, -0.15) is 19.6 Å². The van der Waals surface area contributed by atoms with Gasteiger partial charge in [-0.3, -0.25) is 0 Å². The van der Waals surface area contributed by atoms with Crippen molar-refractivity contribution in [3.8, 4) is 0 Å². The maximum absolute atomic E-state index is 5.69. The Kier molecular flexibility index (Phi) is 6.92. The van der Waals surface area contributed by atoms with Gasteiger partial charge in [-0.1, -0.05) is 54.4 Å². The lowest BCUT2D eigenvalue weighted by Gasteiger charge is -2.44. The van der Waals surface area contributed by atoms with Crippen LogP contribution in [0.15, 0.2) is 0 Å². The van der Waals surface area contributed by atoms with Crippen LogP contribution >= 0.6 is 0 Å². The maximum Gasteiger partial charge on any atom is 0.234 e. The molecule has 0 N–H and O–H groups in total. The molecule has 0 aromatic heterocycles. The third-order valence-electron chi connectivity index (χ3n) is 4.48. The highest BCUT2D eigenvalue weighted by Gasteiger charge is 2.48. The fourth-order valence-corrected chi connectivity index (χ4v) is 2.34. The monoisotopic (exact) mass is 288 g/mol. The van der Waals surface area contributed by atoms with E-state index in [9.17, 15) is 0 Å². The van der Waals surface area contributed by atoms with Crippen molar-refractivity contribution in [2.24, 2.45) is 11.8 Å². The van der Waals surface area contributed by atoms with E-state index in [2.05, 4.69) is 27.7 Å². The highest BCUT2D eigenvalue weighted by molar-refractivity contribution is 4.75. The van der Waals surface area contributed by atoms with E-state index >= 15 is 0 Å². The second kappa shape index (κ2) is 7.74. The first kappa shape index (κ1) is 17.9. The summed E-state index contributed by atoms with van der Waals surface area (Å²) in [6.07, 6.45) is 5.15. The van der Waals surface area contributed by atoms with Gasteiger partial charge in [0.2, 0.25) is 11.6 Å². The summed E-state index contributed by atoms with van der Waals surface area (Å²) in [7, 11) is 0. The second-order valence-corrected chi connectivity index (χ2v) is 6.30. The molecular weight excluding hydrogens is 256 g/mol. The van der Waals surface area contributed by atoms with Crippen LogP contribution in [0.3, 0.4) is 0 Å². The van der Waals surface area contributed by atoms with Crippen LogP contribution in [0.5, 0.6) is 0 Å². The largest absolute Gasteiger partial charge is 0.234 e. The Morgan fingerprint density at radius 1 is 0.650 bits per heavy atom. The summed E-state index contributed by atoms with van der Waals surface area (Å²) in [6, 6.07) is 0. The van der Waals surface area contributed by atoms with Crippen molar-refractivity contribution < 1.29 is 19.6 Å². The molecule has 1 fully saturated rings. The van der Waals surface area contributed by atoms with E-state index < -0.39 is 11.6 Å². The van der Waals surface area contributed by atoms with E-state index in [-0.39, 0.29) is 0 Å². The summed E-state index contributed by atoms with van der Waals surface area (Å²) in [6.45, 7) is 12.8. The highest BCUT2D eigenvalue weighted by atomic mass is 17.4. The van der Waals surface area contributed by atoms with Crippen LogP contribution in [-0.4, -0.2) is 11.6 Å². The molecule has 120 valence electrons. The van der Waals surface area contributed by atoms with Crippen LogP contribution in [-0.2, 0) is 19.6 Å². The van der Waals surface area contributed by atoms with E-state index in [1.165, 1.54) is 0 Å². The maximum atomic E-state index is 5.69. The second-order valence-electron chi connectivity index (χ2n) is 6.30. The minimum absolute atomic E-state index is 0.505. The van der Waals surface area contributed by atoms with Crippen molar-refractivity contribution in [2.45, 2.75) is 91.6 Å². The van der Waals surface area contributed by atoms with Crippen molar-refractivity contribution in [1.29, 1.82) is 0 Å². The molecule has 0 bridgehead atoms. The topological polar surface area (TPSA) is 36.9 Å². The summed E-state index contributed by atoms with van der Waals surface area (Å²) < 4.78 is 0. The molecule has 0 saturated carbocycles. The zero-order valence-electron chi connectivity index (χ0n) is 14.0. The Bertz CT molecular complexity index is 244. The summed E-state index contributed by atoms with van der Waals surface area (Å²) >= 11 is 0. The van der Waals surface area contributed by atoms with E-state index in [1.807, 2.05) is 13.8 Å². The summed E-state index contributed by atoms with van der Waals surface area (Å²) in [5.41, 5.74) is 0. The Balaban J connectivity index is 2.66. The number of hydrogen-bond donors (Lipinski definition) is 0. The Labute approximate surface area is 124 Å². The van der Waals surface area contributed by atoms with Gasteiger partial charge in [0.1, 0.15) is 0 Å². The SMILES string of the molecule is CCC(C)CC1(CC)OOC(CC)(CC(C)CC)OO1. The van der Waals surface area contributed by atoms with E-state index in [0.717, 1.165) is 25.7 Å². The lowest BCUT2D eigenvalue weighted by molar-refractivity contribution is -0.661. The summed E-state index contributed by atoms with van der Waals surface area (Å²) in [4.78, 5) is 22.8.